The molecule has 0 unspecified atom stereocenters. The lowest BCUT2D eigenvalue weighted by atomic mass is 9.85. The summed E-state index contributed by atoms with van der Waals surface area (Å²) in [5.41, 5.74) is 0.978. The normalized spacial score (nSPS) is 14.8. The number of nitro benzene ring substituents is 1. The maximum atomic E-state index is 11.1. The summed E-state index contributed by atoms with van der Waals surface area (Å²) in [6.07, 6.45) is 4.31. The van der Waals surface area contributed by atoms with Crippen molar-refractivity contribution < 1.29 is 9.72 Å². The van der Waals surface area contributed by atoms with Crippen LogP contribution in [0.3, 0.4) is 0 Å². The van der Waals surface area contributed by atoms with Crippen molar-refractivity contribution in [3.63, 3.8) is 0 Å². The summed E-state index contributed by atoms with van der Waals surface area (Å²) >= 11 is 0. The minimum Gasteiger partial charge on any atom is -0.366 e. The molecule has 0 atom stereocenters. The zero-order valence-electron chi connectivity index (χ0n) is 11.0. The highest BCUT2D eigenvalue weighted by Crippen LogP contribution is 2.33. The van der Waals surface area contributed by atoms with Crippen LogP contribution in [0.4, 0.5) is 11.4 Å². The van der Waals surface area contributed by atoms with E-state index in [1.54, 1.807) is 12.1 Å². The predicted molar refractivity (Wildman–Crippen MR) is 73.7 cm³/mol. The Morgan fingerprint density at radius 1 is 1.47 bits per heavy atom. The first-order chi connectivity index (χ1) is 9.15. The Morgan fingerprint density at radius 2 is 2.21 bits per heavy atom. The number of nitrogens with zero attached hydrogens (tertiary/aromatic N) is 2. The Kier molecular flexibility index (Phi) is 4.14. The molecule has 1 aromatic rings. The van der Waals surface area contributed by atoms with Crippen molar-refractivity contribution in [3.05, 3.63) is 33.9 Å². The molecule has 1 fully saturated rings. The Balaban J connectivity index is 2.29. The molecule has 5 heteroatoms. The SMILES string of the molecule is CCN(CC1CCC1)c1ccc(C=O)cc1[N+](=O)[O-]. The molecule has 1 aromatic carbocycles. The lowest BCUT2D eigenvalue weighted by Gasteiger charge is -2.32. The van der Waals surface area contributed by atoms with Crippen LogP contribution in [0.2, 0.25) is 0 Å². The van der Waals surface area contributed by atoms with Crippen molar-refractivity contribution in [2.75, 3.05) is 18.0 Å². The van der Waals surface area contributed by atoms with Crippen LogP contribution in [0.1, 0.15) is 36.5 Å². The van der Waals surface area contributed by atoms with Gasteiger partial charge in [-0.05, 0) is 37.8 Å². The molecule has 1 saturated carbocycles. The highest BCUT2D eigenvalue weighted by Gasteiger charge is 2.24. The van der Waals surface area contributed by atoms with E-state index in [9.17, 15) is 14.9 Å². The molecule has 0 bridgehead atoms. The van der Waals surface area contributed by atoms with Crippen molar-refractivity contribution in [1.82, 2.24) is 0 Å². The number of carbonyl (C=O) groups is 1. The Labute approximate surface area is 112 Å². The molecule has 19 heavy (non-hydrogen) atoms. The van der Waals surface area contributed by atoms with E-state index in [4.69, 9.17) is 0 Å². The largest absolute Gasteiger partial charge is 0.366 e. The third-order valence-corrected chi connectivity index (χ3v) is 3.76. The van der Waals surface area contributed by atoms with E-state index >= 15 is 0 Å². The number of nitro groups is 1. The van der Waals surface area contributed by atoms with Crippen LogP contribution in [-0.2, 0) is 0 Å². The lowest BCUT2D eigenvalue weighted by Crippen LogP contribution is -2.32. The maximum absolute atomic E-state index is 11.1. The molecule has 0 saturated heterocycles. The second-order valence-electron chi connectivity index (χ2n) is 4.96. The number of hydrogen-bond acceptors (Lipinski definition) is 4. The van der Waals surface area contributed by atoms with Gasteiger partial charge in [0, 0.05) is 24.7 Å². The van der Waals surface area contributed by atoms with Gasteiger partial charge in [-0.2, -0.15) is 0 Å². The molecule has 0 heterocycles. The van der Waals surface area contributed by atoms with Crippen LogP contribution in [0, 0.1) is 16.0 Å². The van der Waals surface area contributed by atoms with Crippen LogP contribution in [0.15, 0.2) is 18.2 Å². The molecule has 102 valence electrons. The summed E-state index contributed by atoms with van der Waals surface area (Å²) < 4.78 is 0. The van der Waals surface area contributed by atoms with Crippen LogP contribution in [0.25, 0.3) is 0 Å². The average molecular weight is 262 g/mol. The van der Waals surface area contributed by atoms with E-state index in [2.05, 4.69) is 0 Å². The molecule has 2 rings (SSSR count). The third-order valence-electron chi connectivity index (χ3n) is 3.76. The van der Waals surface area contributed by atoms with Gasteiger partial charge in [-0.15, -0.1) is 0 Å². The van der Waals surface area contributed by atoms with Crippen molar-refractivity contribution >= 4 is 17.7 Å². The van der Waals surface area contributed by atoms with Crippen molar-refractivity contribution in [2.24, 2.45) is 5.92 Å². The second kappa shape index (κ2) is 5.82. The van der Waals surface area contributed by atoms with Crippen molar-refractivity contribution in [2.45, 2.75) is 26.2 Å². The number of benzene rings is 1. The fourth-order valence-electron chi connectivity index (χ4n) is 2.41. The first-order valence-electron chi connectivity index (χ1n) is 6.64. The van der Waals surface area contributed by atoms with E-state index in [1.165, 1.54) is 25.3 Å². The highest BCUT2D eigenvalue weighted by atomic mass is 16.6. The topological polar surface area (TPSA) is 63.5 Å². The van der Waals surface area contributed by atoms with E-state index in [1.807, 2.05) is 11.8 Å². The van der Waals surface area contributed by atoms with E-state index < -0.39 is 4.92 Å². The monoisotopic (exact) mass is 262 g/mol. The zero-order valence-corrected chi connectivity index (χ0v) is 11.0. The van der Waals surface area contributed by atoms with Crippen LogP contribution in [-0.4, -0.2) is 24.3 Å². The number of carbonyl (C=O) groups excluding carboxylic acids is 1. The number of aldehydes is 1. The zero-order chi connectivity index (χ0) is 13.8. The van der Waals surface area contributed by atoms with Crippen molar-refractivity contribution in [1.29, 1.82) is 0 Å². The van der Waals surface area contributed by atoms with Gasteiger partial charge in [-0.25, -0.2) is 0 Å². The average Bonchev–Trinajstić information content (AvgIpc) is 2.37. The molecule has 0 radical (unpaired) electrons. The summed E-state index contributed by atoms with van der Waals surface area (Å²) in [6, 6.07) is 4.68. The molecule has 0 aromatic heterocycles. The van der Waals surface area contributed by atoms with Gasteiger partial charge in [0.05, 0.1) is 4.92 Å². The summed E-state index contributed by atoms with van der Waals surface area (Å²) in [6.45, 7) is 3.59. The number of hydrogen-bond donors (Lipinski definition) is 0. The van der Waals surface area contributed by atoms with Gasteiger partial charge in [0.1, 0.15) is 12.0 Å². The van der Waals surface area contributed by atoms with Gasteiger partial charge in [0.2, 0.25) is 0 Å². The molecule has 0 N–H and O–H groups in total. The van der Waals surface area contributed by atoms with Gasteiger partial charge < -0.3 is 4.90 Å². The highest BCUT2D eigenvalue weighted by molar-refractivity contribution is 5.79. The predicted octanol–water partition coefficient (Wildman–Crippen LogP) is 3.03. The Hall–Kier alpha value is -1.91. The minimum absolute atomic E-state index is 0.0192. The van der Waals surface area contributed by atoms with E-state index in [0.29, 0.717) is 23.5 Å². The summed E-state index contributed by atoms with van der Waals surface area (Å²) in [5.74, 6) is 0.644. The molecule has 5 nitrogen and oxygen atoms in total. The fourth-order valence-corrected chi connectivity index (χ4v) is 2.41. The van der Waals surface area contributed by atoms with Gasteiger partial charge in [-0.1, -0.05) is 6.42 Å². The quantitative estimate of drug-likeness (QED) is 0.449. The molecular formula is C14H18N2O3. The number of rotatable bonds is 6. The van der Waals surface area contributed by atoms with E-state index in [0.717, 1.165) is 13.1 Å². The van der Waals surface area contributed by atoms with Gasteiger partial charge in [0.15, 0.2) is 0 Å². The third kappa shape index (κ3) is 2.92. The van der Waals surface area contributed by atoms with Gasteiger partial charge in [-0.3, -0.25) is 14.9 Å². The summed E-state index contributed by atoms with van der Waals surface area (Å²) in [7, 11) is 0. The first-order valence-corrected chi connectivity index (χ1v) is 6.64. The number of anilines is 1. The van der Waals surface area contributed by atoms with Crippen LogP contribution in [0.5, 0.6) is 0 Å². The fraction of sp³-hybridized carbons (Fsp3) is 0.500. The van der Waals surface area contributed by atoms with Gasteiger partial charge in [0.25, 0.3) is 5.69 Å². The second-order valence-corrected chi connectivity index (χ2v) is 4.96. The molecule has 1 aliphatic carbocycles. The summed E-state index contributed by atoms with van der Waals surface area (Å²) in [4.78, 5) is 23.5. The van der Waals surface area contributed by atoms with Gasteiger partial charge >= 0.3 is 0 Å². The standard InChI is InChI=1S/C14H18N2O3/c1-2-15(9-11-4-3-5-11)13-7-6-12(10-17)8-14(13)16(18)19/h6-8,10-11H,2-5,9H2,1H3. The van der Waals surface area contributed by atoms with Crippen LogP contribution < -0.4 is 4.90 Å². The smallest absolute Gasteiger partial charge is 0.293 e. The first kappa shape index (κ1) is 13.5. The summed E-state index contributed by atoms with van der Waals surface area (Å²) in [5, 5.41) is 11.1. The Morgan fingerprint density at radius 3 is 2.68 bits per heavy atom. The van der Waals surface area contributed by atoms with Crippen LogP contribution >= 0.6 is 0 Å². The minimum atomic E-state index is -0.411. The molecule has 0 amide bonds. The maximum Gasteiger partial charge on any atom is 0.293 e. The van der Waals surface area contributed by atoms with Crippen molar-refractivity contribution in [3.8, 4) is 0 Å². The molecule has 0 spiro atoms. The molecule has 0 aliphatic heterocycles. The molecule has 1 aliphatic rings. The van der Waals surface area contributed by atoms with E-state index in [-0.39, 0.29) is 5.69 Å². The Bertz CT molecular complexity index is 484. The lowest BCUT2D eigenvalue weighted by molar-refractivity contribution is -0.384. The molecular weight excluding hydrogens is 244 g/mol.